The summed E-state index contributed by atoms with van der Waals surface area (Å²) >= 11 is 0. The lowest BCUT2D eigenvalue weighted by atomic mass is 10.2. The number of fused-ring (bicyclic) bond motifs is 1. The van der Waals surface area contributed by atoms with Crippen molar-refractivity contribution in [1.29, 1.82) is 0 Å². The summed E-state index contributed by atoms with van der Waals surface area (Å²) in [5, 5.41) is 0. The molecule has 0 bridgehead atoms. The van der Waals surface area contributed by atoms with Gasteiger partial charge in [0.25, 0.3) is 5.91 Å². The Balaban J connectivity index is 1.57. The first-order valence-corrected chi connectivity index (χ1v) is 11.9. The Morgan fingerprint density at radius 2 is 1.70 bits per heavy atom. The molecule has 1 saturated carbocycles. The number of hydrogen-bond donors (Lipinski definition) is 0. The van der Waals surface area contributed by atoms with Gasteiger partial charge in [0.15, 0.2) is 0 Å². The van der Waals surface area contributed by atoms with Gasteiger partial charge in [-0.25, -0.2) is 8.42 Å². The molecule has 1 amide bonds. The highest BCUT2D eigenvalue weighted by atomic mass is 32.2. The number of benzene rings is 1. The molecule has 1 aliphatic carbocycles. The van der Waals surface area contributed by atoms with Gasteiger partial charge in [-0.3, -0.25) is 4.79 Å². The van der Waals surface area contributed by atoms with Gasteiger partial charge in [0.1, 0.15) is 0 Å². The summed E-state index contributed by atoms with van der Waals surface area (Å²) in [5.41, 5.74) is 2.68. The molecule has 1 fully saturated rings. The molecule has 0 N–H and O–H groups in total. The van der Waals surface area contributed by atoms with Crippen LogP contribution in [0, 0.1) is 0 Å². The fourth-order valence-electron chi connectivity index (χ4n) is 3.82. The second-order valence-electron chi connectivity index (χ2n) is 7.60. The van der Waals surface area contributed by atoms with E-state index in [-0.39, 0.29) is 16.8 Å². The maximum atomic E-state index is 13.3. The SMILES string of the molecule is CCN(CC)S(=O)(=O)c1ccc(C(=O)N(Cc2ccc3ccccn23)C2CC2)cc1. The molecule has 30 heavy (non-hydrogen) atoms. The number of carbonyl (C=O) groups excluding carboxylic acids is 1. The van der Waals surface area contributed by atoms with Crippen LogP contribution in [0.1, 0.15) is 42.7 Å². The lowest BCUT2D eigenvalue weighted by Gasteiger charge is -2.23. The fourth-order valence-corrected chi connectivity index (χ4v) is 5.28. The van der Waals surface area contributed by atoms with Gasteiger partial charge in [0, 0.05) is 42.1 Å². The van der Waals surface area contributed by atoms with Crippen LogP contribution in [0.25, 0.3) is 5.52 Å². The normalized spacial score (nSPS) is 14.4. The van der Waals surface area contributed by atoms with Crippen LogP contribution in [0.5, 0.6) is 0 Å². The van der Waals surface area contributed by atoms with Gasteiger partial charge in [-0.05, 0) is 61.4 Å². The Hall–Kier alpha value is -2.64. The molecule has 6 nitrogen and oxygen atoms in total. The quantitative estimate of drug-likeness (QED) is 0.552. The lowest BCUT2D eigenvalue weighted by molar-refractivity contribution is 0.0727. The third-order valence-corrected chi connectivity index (χ3v) is 7.74. The van der Waals surface area contributed by atoms with Crippen LogP contribution in [-0.2, 0) is 16.6 Å². The number of aromatic nitrogens is 1. The van der Waals surface area contributed by atoms with Crippen LogP contribution in [0.3, 0.4) is 0 Å². The van der Waals surface area contributed by atoms with Crippen molar-refractivity contribution >= 4 is 21.4 Å². The Morgan fingerprint density at radius 1 is 1.00 bits per heavy atom. The lowest BCUT2D eigenvalue weighted by Crippen LogP contribution is -2.33. The first kappa shape index (κ1) is 20.6. The van der Waals surface area contributed by atoms with Crippen LogP contribution in [0.2, 0.25) is 0 Å². The summed E-state index contributed by atoms with van der Waals surface area (Å²) in [4.78, 5) is 15.4. The fraction of sp³-hybridized carbons (Fsp3) is 0.348. The van der Waals surface area contributed by atoms with Gasteiger partial charge in [0.05, 0.1) is 11.4 Å². The average molecular weight is 426 g/mol. The maximum absolute atomic E-state index is 13.3. The summed E-state index contributed by atoms with van der Waals surface area (Å²) in [6, 6.07) is 16.7. The van der Waals surface area contributed by atoms with Crippen LogP contribution in [0.4, 0.5) is 0 Å². The van der Waals surface area contributed by atoms with Gasteiger partial charge in [-0.2, -0.15) is 4.31 Å². The van der Waals surface area contributed by atoms with E-state index >= 15 is 0 Å². The number of amides is 1. The molecule has 158 valence electrons. The third-order valence-electron chi connectivity index (χ3n) is 5.67. The molecule has 1 aromatic carbocycles. The van der Waals surface area contributed by atoms with Crippen LogP contribution in [0.15, 0.2) is 65.7 Å². The number of carbonyl (C=O) groups is 1. The Bertz CT molecular complexity index is 1140. The molecule has 3 aromatic rings. The highest BCUT2D eigenvalue weighted by Crippen LogP contribution is 2.30. The zero-order valence-corrected chi connectivity index (χ0v) is 18.2. The maximum Gasteiger partial charge on any atom is 0.254 e. The van der Waals surface area contributed by atoms with E-state index in [1.807, 2.05) is 43.1 Å². The van der Waals surface area contributed by atoms with E-state index < -0.39 is 10.0 Å². The molecule has 0 spiro atoms. The van der Waals surface area contributed by atoms with Gasteiger partial charge < -0.3 is 9.30 Å². The first-order valence-electron chi connectivity index (χ1n) is 10.4. The van der Waals surface area contributed by atoms with Gasteiger partial charge in [0.2, 0.25) is 10.0 Å². The van der Waals surface area contributed by atoms with Crippen LogP contribution in [-0.4, -0.2) is 47.1 Å². The Labute approximate surface area is 177 Å². The van der Waals surface area contributed by atoms with Crippen LogP contribution >= 0.6 is 0 Å². The third kappa shape index (κ3) is 3.87. The summed E-state index contributed by atoms with van der Waals surface area (Å²) in [5.74, 6) is -0.0600. The van der Waals surface area contributed by atoms with Crippen molar-refractivity contribution in [2.45, 2.75) is 44.2 Å². The van der Waals surface area contributed by atoms with Crippen molar-refractivity contribution in [3.8, 4) is 0 Å². The molecule has 1 aliphatic rings. The predicted molar refractivity (Wildman–Crippen MR) is 117 cm³/mol. The summed E-state index contributed by atoms with van der Waals surface area (Å²) < 4.78 is 28.9. The van der Waals surface area contributed by atoms with Gasteiger partial charge >= 0.3 is 0 Å². The average Bonchev–Trinajstić information content (AvgIpc) is 3.52. The van der Waals surface area contributed by atoms with E-state index in [1.54, 1.807) is 24.3 Å². The van der Waals surface area contributed by atoms with E-state index in [0.717, 1.165) is 24.1 Å². The van der Waals surface area contributed by atoms with E-state index in [0.29, 0.717) is 25.2 Å². The van der Waals surface area contributed by atoms with Gasteiger partial charge in [-0.15, -0.1) is 0 Å². The smallest absolute Gasteiger partial charge is 0.254 e. The Kier molecular flexibility index (Phi) is 5.66. The molecule has 2 heterocycles. The van der Waals surface area contributed by atoms with E-state index in [9.17, 15) is 13.2 Å². The molecular formula is C23H27N3O3S. The standard InChI is InChI=1S/C23H27N3O3S/c1-3-24(4-2)30(28,29)22-14-8-18(9-15-22)23(27)26(20-10-11-20)17-21-13-12-19-7-5-6-16-25(19)21/h5-9,12-16,20H,3-4,10-11,17H2,1-2H3. The number of pyridine rings is 1. The van der Waals surface area contributed by atoms with E-state index in [4.69, 9.17) is 0 Å². The molecule has 0 atom stereocenters. The molecule has 0 aliphatic heterocycles. The molecule has 0 unspecified atom stereocenters. The summed E-state index contributed by atoms with van der Waals surface area (Å²) in [6.07, 6.45) is 4.01. The summed E-state index contributed by atoms with van der Waals surface area (Å²) in [6.45, 7) is 5.00. The zero-order chi connectivity index (χ0) is 21.3. The number of rotatable bonds is 8. The second-order valence-corrected chi connectivity index (χ2v) is 9.54. The largest absolute Gasteiger partial charge is 0.330 e. The monoisotopic (exact) mass is 425 g/mol. The molecule has 4 rings (SSSR count). The molecule has 0 saturated heterocycles. The van der Waals surface area contributed by atoms with Crippen molar-refractivity contribution in [2.75, 3.05) is 13.1 Å². The minimum atomic E-state index is -3.53. The van der Waals surface area contributed by atoms with Gasteiger partial charge in [-0.1, -0.05) is 19.9 Å². The predicted octanol–water partition coefficient (Wildman–Crippen LogP) is 3.77. The van der Waals surface area contributed by atoms with Crippen molar-refractivity contribution < 1.29 is 13.2 Å². The van der Waals surface area contributed by atoms with Crippen molar-refractivity contribution in [2.24, 2.45) is 0 Å². The first-order chi connectivity index (χ1) is 14.5. The van der Waals surface area contributed by atoms with Crippen LogP contribution < -0.4 is 0 Å². The van der Waals surface area contributed by atoms with E-state index in [2.05, 4.69) is 16.5 Å². The molecule has 7 heteroatoms. The number of sulfonamides is 1. The highest BCUT2D eigenvalue weighted by molar-refractivity contribution is 7.89. The zero-order valence-electron chi connectivity index (χ0n) is 17.4. The van der Waals surface area contributed by atoms with Crippen molar-refractivity contribution in [3.63, 3.8) is 0 Å². The second kappa shape index (κ2) is 8.24. The molecule has 0 radical (unpaired) electrons. The topological polar surface area (TPSA) is 62.1 Å². The van der Waals surface area contributed by atoms with Crippen molar-refractivity contribution in [1.82, 2.24) is 13.6 Å². The molecule has 2 aromatic heterocycles. The Morgan fingerprint density at radius 3 is 2.33 bits per heavy atom. The summed E-state index contributed by atoms with van der Waals surface area (Å²) in [7, 11) is -3.53. The minimum Gasteiger partial charge on any atom is -0.330 e. The van der Waals surface area contributed by atoms with Crippen molar-refractivity contribution in [3.05, 3.63) is 72.1 Å². The van der Waals surface area contributed by atoms with E-state index in [1.165, 1.54) is 4.31 Å². The number of hydrogen-bond acceptors (Lipinski definition) is 3. The highest BCUT2D eigenvalue weighted by Gasteiger charge is 2.33. The molecular weight excluding hydrogens is 398 g/mol. The minimum absolute atomic E-state index is 0.0600. The number of nitrogens with zero attached hydrogens (tertiary/aromatic N) is 3.